The van der Waals surface area contributed by atoms with E-state index in [2.05, 4.69) is 21.2 Å². The largest absolute Gasteiger partial charge is 0.494 e. The lowest BCUT2D eigenvalue weighted by atomic mass is 9.97. The molecule has 2 rings (SSSR count). The lowest BCUT2D eigenvalue weighted by Gasteiger charge is -2.22. The molecule has 0 radical (unpaired) electrons. The van der Waals surface area contributed by atoms with Gasteiger partial charge in [0.15, 0.2) is 11.6 Å². The van der Waals surface area contributed by atoms with Gasteiger partial charge in [-0.15, -0.1) is 0 Å². The van der Waals surface area contributed by atoms with Crippen LogP contribution in [0.25, 0.3) is 0 Å². The monoisotopic (exact) mass is 371 g/mol. The van der Waals surface area contributed by atoms with Crippen LogP contribution in [0.5, 0.6) is 5.75 Å². The zero-order valence-corrected chi connectivity index (χ0v) is 14.1. The predicted octanol–water partition coefficient (Wildman–Crippen LogP) is 4.95. The van der Waals surface area contributed by atoms with Gasteiger partial charge in [-0.2, -0.15) is 0 Å². The van der Waals surface area contributed by atoms with Gasteiger partial charge in [-0.05, 0) is 36.4 Å². The highest BCUT2D eigenvalue weighted by atomic mass is 79.9. The fraction of sp³-hybridized carbons (Fsp3) is 0.250. The van der Waals surface area contributed by atoms with Gasteiger partial charge in [0.1, 0.15) is 0 Å². The quantitative estimate of drug-likeness (QED) is 0.802. The lowest BCUT2D eigenvalue weighted by Crippen LogP contribution is -2.23. The SMILES string of the molecule is CCNC(c1cc(Cl)ccc1Br)c1cccc(OC)c1F. The van der Waals surface area contributed by atoms with E-state index in [9.17, 15) is 4.39 Å². The van der Waals surface area contributed by atoms with Crippen molar-refractivity contribution < 1.29 is 9.13 Å². The van der Waals surface area contributed by atoms with Crippen LogP contribution >= 0.6 is 27.5 Å². The third kappa shape index (κ3) is 3.57. The summed E-state index contributed by atoms with van der Waals surface area (Å²) in [7, 11) is 1.46. The highest BCUT2D eigenvalue weighted by molar-refractivity contribution is 9.10. The summed E-state index contributed by atoms with van der Waals surface area (Å²) in [6.07, 6.45) is 0. The first kappa shape index (κ1) is 16.3. The zero-order valence-electron chi connectivity index (χ0n) is 11.8. The van der Waals surface area contributed by atoms with Gasteiger partial charge in [-0.25, -0.2) is 4.39 Å². The molecule has 0 saturated heterocycles. The van der Waals surface area contributed by atoms with Crippen LogP contribution in [0.15, 0.2) is 40.9 Å². The molecule has 0 aliphatic heterocycles. The van der Waals surface area contributed by atoms with E-state index in [0.29, 0.717) is 17.1 Å². The third-order valence-electron chi connectivity index (χ3n) is 3.20. The molecule has 1 unspecified atom stereocenters. The molecule has 112 valence electrons. The van der Waals surface area contributed by atoms with Crippen LogP contribution in [0.3, 0.4) is 0 Å². The van der Waals surface area contributed by atoms with Crippen LogP contribution < -0.4 is 10.1 Å². The summed E-state index contributed by atoms with van der Waals surface area (Å²) in [6.45, 7) is 2.67. The fourth-order valence-electron chi connectivity index (χ4n) is 2.24. The first-order valence-corrected chi connectivity index (χ1v) is 7.76. The number of ether oxygens (including phenoxy) is 1. The molecule has 0 fully saturated rings. The second-order valence-electron chi connectivity index (χ2n) is 4.52. The standard InChI is InChI=1S/C16H16BrClFNO/c1-3-20-16(12-9-10(18)7-8-13(12)17)11-5-4-6-14(21-2)15(11)19/h4-9,16,20H,3H2,1-2H3. The highest BCUT2D eigenvalue weighted by Crippen LogP contribution is 2.34. The Labute approximate surface area is 137 Å². The summed E-state index contributed by atoms with van der Waals surface area (Å²) in [4.78, 5) is 0. The Hall–Kier alpha value is -1.10. The van der Waals surface area contributed by atoms with Gasteiger partial charge < -0.3 is 10.1 Å². The molecule has 2 aromatic carbocycles. The van der Waals surface area contributed by atoms with Crippen molar-refractivity contribution in [2.75, 3.05) is 13.7 Å². The molecule has 21 heavy (non-hydrogen) atoms. The van der Waals surface area contributed by atoms with Gasteiger partial charge in [0.25, 0.3) is 0 Å². The van der Waals surface area contributed by atoms with Crippen molar-refractivity contribution in [1.82, 2.24) is 5.32 Å². The summed E-state index contributed by atoms with van der Waals surface area (Å²) < 4.78 is 20.5. The summed E-state index contributed by atoms with van der Waals surface area (Å²) in [5, 5.41) is 3.90. The summed E-state index contributed by atoms with van der Waals surface area (Å²) in [5.41, 5.74) is 1.41. The molecule has 0 amide bonds. The number of halogens is 3. The van der Waals surface area contributed by atoms with E-state index in [-0.39, 0.29) is 17.6 Å². The maximum absolute atomic E-state index is 14.6. The molecule has 0 aromatic heterocycles. The minimum atomic E-state index is -0.363. The molecule has 1 N–H and O–H groups in total. The molecule has 0 aliphatic carbocycles. The Morgan fingerprint density at radius 1 is 1.29 bits per heavy atom. The summed E-state index contributed by atoms with van der Waals surface area (Å²) in [5.74, 6) is -0.133. The van der Waals surface area contributed by atoms with Crippen molar-refractivity contribution in [3.63, 3.8) is 0 Å². The Bertz CT molecular complexity index is 636. The van der Waals surface area contributed by atoms with Crippen molar-refractivity contribution in [3.8, 4) is 5.75 Å². The zero-order chi connectivity index (χ0) is 15.4. The second kappa shape index (κ2) is 7.25. The van der Waals surface area contributed by atoms with E-state index in [0.717, 1.165) is 10.0 Å². The predicted molar refractivity (Wildman–Crippen MR) is 87.6 cm³/mol. The average molecular weight is 373 g/mol. The number of hydrogen-bond acceptors (Lipinski definition) is 2. The number of hydrogen-bond donors (Lipinski definition) is 1. The Morgan fingerprint density at radius 3 is 2.71 bits per heavy atom. The molecule has 2 nitrogen and oxygen atoms in total. The van der Waals surface area contributed by atoms with Crippen LogP contribution in [0.4, 0.5) is 4.39 Å². The maximum atomic E-state index is 14.6. The van der Waals surface area contributed by atoms with Crippen molar-refractivity contribution >= 4 is 27.5 Å². The molecule has 2 aromatic rings. The minimum absolute atomic E-state index is 0.230. The van der Waals surface area contributed by atoms with Crippen LogP contribution in [0, 0.1) is 5.82 Å². The summed E-state index contributed by atoms with van der Waals surface area (Å²) >= 11 is 9.59. The Morgan fingerprint density at radius 2 is 2.05 bits per heavy atom. The van der Waals surface area contributed by atoms with Gasteiger partial charge in [-0.1, -0.05) is 46.6 Å². The smallest absolute Gasteiger partial charge is 0.170 e. The number of methoxy groups -OCH3 is 1. The molecule has 1 atom stereocenters. The van der Waals surface area contributed by atoms with E-state index < -0.39 is 0 Å². The van der Waals surface area contributed by atoms with Crippen LogP contribution in [0.2, 0.25) is 5.02 Å². The molecule has 0 heterocycles. The molecule has 0 spiro atoms. The van der Waals surface area contributed by atoms with Gasteiger partial charge in [-0.3, -0.25) is 0 Å². The van der Waals surface area contributed by atoms with E-state index in [1.807, 2.05) is 19.1 Å². The lowest BCUT2D eigenvalue weighted by molar-refractivity contribution is 0.381. The molecular weight excluding hydrogens is 357 g/mol. The summed E-state index contributed by atoms with van der Waals surface area (Å²) in [6, 6.07) is 10.3. The van der Waals surface area contributed by atoms with E-state index in [4.69, 9.17) is 16.3 Å². The molecular formula is C16H16BrClFNO. The van der Waals surface area contributed by atoms with Gasteiger partial charge in [0.05, 0.1) is 13.2 Å². The van der Waals surface area contributed by atoms with Crippen LogP contribution in [-0.2, 0) is 0 Å². The normalized spacial score (nSPS) is 12.2. The van der Waals surface area contributed by atoms with E-state index in [1.165, 1.54) is 7.11 Å². The molecule has 0 bridgehead atoms. The molecule has 0 saturated carbocycles. The topological polar surface area (TPSA) is 21.3 Å². The fourth-order valence-corrected chi connectivity index (χ4v) is 2.89. The first-order valence-electron chi connectivity index (χ1n) is 6.59. The van der Waals surface area contributed by atoms with Crippen molar-refractivity contribution in [3.05, 3.63) is 62.8 Å². The van der Waals surface area contributed by atoms with Crippen molar-refractivity contribution in [2.24, 2.45) is 0 Å². The van der Waals surface area contributed by atoms with Crippen LogP contribution in [-0.4, -0.2) is 13.7 Å². The number of rotatable bonds is 5. The average Bonchev–Trinajstić information content (AvgIpc) is 2.48. The van der Waals surface area contributed by atoms with Crippen molar-refractivity contribution in [2.45, 2.75) is 13.0 Å². The highest BCUT2D eigenvalue weighted by Gasteiger charge is 2.21. The second-order valence-corrected chi connectivity index (χ2v) is 5.81. The van der Waals surface area contributed by atoms with Gasteiger partial charge in [0, 0.05) is 15.1 Å². The number of nitrogens with one attached hydrogen (secondary N) is 1. The molecule has 5 heteroatoms. The van der Waals surface area contributed by atoms with E-state index in [1.54, 1.807) is 24.3 Å². The molecule has 0 aliphatic rings. The maximum Gasteiger partial charge on any atom is 0.170 e. The minimum Gasteiger partial charge on any atom is -0.494 e. The van der Waals surface area contributed by atoms with Crippen molar-refractivity contribution in [1.29, 1.82) is 0 Å². The first-order chi connectivity index (χ1) is 10.1. The van der Waals surface area contributed by atoms with E-state index >= 15 is 0 Å². The third-order valence-corrected chi connectivity index (χ3v) is 4.16. The Kier molecular flexibility index (Phi) is 5.62. The Balaban J connectivity index is 2.56. The van der Waals surface area contributed by atoms with Gasteiger partial charge >= 0.3 is 0 Å². The van der Waals surface area contributed by atoms with Crippen LogP contribution in [0.1, 0.15) is 24.1 Å². The van der Waals surface area contributed by atoms with Gasteiger partial charge in [0.2, 0.25) is 0 Å². The number of benzene rings is 2.